The van der Waals surface area contributed by atoms with Crippen LogP contribution in [0.5, 0.6) is 0 Å². The van der Waals surface area contributed by atoms with Crippen LogP contribution in [0.15, 0.2) is 24.4 Å². The summed E-state index contributed by atoms with van der Waals surface area (Å²) in [5.41, 5.74) is 3.96. The standard InChI is InChI=1S/C18H21N5S/c1-11-12(2)22-18(15-7-5-6-9-19-15)23-17(11)20-10-8-16-13(3)21-14(4)24-16/h5-7,9H,8,10H2,1-4H3,(H,20,22,23). The van der Waals surface area contributed by atoms with Crippen molar-refractivity contribution in [2.45, 2.75) is 34.1 Å². The summed E-state index contributed by atoms with van der Waals surface area (Å²) in [5.74, 6) is 1.54. The molecule has 0 bridgehead atoms. The minimum absolute atomic E-state index is 0.658. The Kier molecular flexibility index (Phi) is 4.85. The Morgan fingerprint density at radius 3 is 2.50 bits per heavy atom. The maximum absolute atomic E-state index is 4.67. The van der Waals surface area contributed by atoms with Crippen molar-refractivity contribution in [2.75, 3.05) is 11.9 Å². The van der Waals surface area contributed by atoms with Gasteiger partial charge in [0.05, 0.1) is 10.7 Å². The van der Waals surface area contributed by atoms with Gasteiger partial charge in [-0.25, -0.2) is 15.0 Å². The number of hydrogen-bond donors (Lipinski definition) is 1. The monoisotopic (exact) mass is 339 g/mol. The van der Waals surface area contributed by atoms with Crippen LogP contribution in [0.25, 0.3) is 11.5 Å². The largest absolute Gasteiger partial charge is 0.369 e. The third-order valence-corrected chi connectivity index (χ3v) is 5.06. The molecule has 0 aromatic carbocycles. The van der Waals surface area contributed by atoms with E-state index in [1.54, 1.807) is 17.5 Å². The van der Waals surface area contributed by atoms with Gasteiger partial charge in [-0.05, 0) is 39.8 Å². The maximum Gasteiger partial charge on any atom is 0.180 e. The van der Waals surface area contributed by atoms with Crippen LogP contribution in [0, 0.1) is 27.7 Å². The first kappa shape index (κ1) is 16.5. The number of nitrogens with one attached hydrogen (secondary N) is 1. The van der Waals surface area contributed by atoms with E-state index in [9.17, 15) is 0 Å². The molecular weight excluding hydrogens is 318 g/mol. The first-order valence-corrected chi connectivity index (χ1v) is 8.79. The van der Waals surface area contributed by atoms with E-state index in [0.717, 1.165) is 46.4 Å². The van der Waals surface area contributed by atoms with Crippen LogP contribution in [-0.2, 0) is 6.42 Å². The number of aromatic nitrogens is 4. The van der Waals surface area contributed by atoms with Gasteiger partial charge in [0, 0.05) is 35.3 Å². The SMILES string of the molecule is Cc1nc(C)c(CCNc2nc(-c3ccccn3)nc(C)c2C)s1. The average molecular weight is 339 g/mol. The quantitative estimate of drug-likeness (QED) is 0.764. The van der Waals surface area contributed by atoms with E-state index in [1.807, 2.05) is 39.0 Å². The summed E-state index contributed by atoms with van der Waals surface area (Å²) in [7, 11) is 0. The lowest BCUT2D eigenvalue weighted by Crippen LogP contribution is -2.10. The lowest BCUT2D eigenvalue weighted by atomic mass is 10.2. The molecular formula is C18H21N5S. The molecule has 3 heterocycles. The van der Waals surface area contributed by atoms with Gasteiger partial charge in [-0.2, -0.15) is 0 Å². The molecule has 124 valence electrons. The minimum atomic E-state index is 0.658. The predicted octanol–water partition coefficient (Wildman–Crippen LogP) is 3.88. The second-order valence-electron chi connectivity index (χ2n) is 5.74. The van der Waals surface area contributed by atoms with Crippen LogP contribution < -0.4 is 5.32 Å². The number of pyridine rings is 1. The molecule has 0 saturated carbocycles. The van der Waals surface area contributed by atoms with Crippen LogP contribution in [0.1, 0.15) is 26.8 Å². The molecule has 0 saturated heterocycles. The van der Waals surface area contributed by atoms with Crippen molar-refractivity contribution in [2.24, 2.45) is 0 Å². The molecule has 0 radical (unpaired) electrons. The molecule has 0 aliphatic heterocycles. The Labute approximate surface area is 146 Å². The third kappa shape index (κ3) is 3.59. The highest BCUT2D eigenvalue weighted by molar-refractivity contribution is 7.11. The number of nitrogens with zero attached hydrogens (tertiary/aromatic N) is 4. The van der Waals surface area contributed by atoms with Gasteiger partial charge in [0.1, 0.15) is 11.5 Å². The normalized spacial score (nSPS) is 10.8. The zero-order valence-electron chi connectivity index (χ0n) is 14.4. The molecule has 0 spiro atoms. The molecule has 0 amide bonds. The van der Waals surface area contributed by atoms with Gasteiger partial charge >= 0.3 is 0 Å². The average Bonchev–Trinajstić information content (AvgIpc) is 2.89. The first-order chi connectivity index (χ1) is 11.5. The van der Waals surface area contributed by atoms with E-state index in [-0.39, 0.29) is 0 Å². The summed E-state index contributed by atoms with van der Waals surface area (Å²) in [6.45, 7) is 8.98. The predicted molar refractivity (Wildman–Crippen MR) is 98.5 cm³/mol. The Balaban J connectivity index is 1.77. The molecule has 5 nitrogen and oxygen atoms in total. The molecule has 3 rings (SSSR count). The number of thiazole rings is 1. The van der Waals surface area contributed by atoms with Gasteiger partial charge in [-0.15, -0.1) is 11.3 Å². The molecule has 6 heteroatoms. The van der Waals surface area contributed by atoms with Crippen molar-refractivity contribution in [1.82, 2.24) is 19.9 Å². The van der Waals surface area contributed by atoms with Gasteiger partial charge in [-0.3, -0.25) is 4.98 Å². The summed E-state index contributed by atoms with van der Waals surface area (Å²) in [4.78, 5) is 19.4. The van der Waals surface area contributed by atoms with Crippen LogP contribution >= 0.6 is 11.3 Å². The van der Waals surface area contributed by atoms with Gasteiger partial charge < -0.3 is 5.32 Å². The number of hydrogen-bond acceptors (Lipinski definition) is 6. The van der Waals surface area contributed by atoms with Crippen LogP contribution in [0.3, 0.4) is 0 Å². The zero-order valence-corrected chi connectivity index (χ0v) is 15.2. The fourth-order valence-electron chi connectivity index (χ4n) is 2.51. The van der Waals surface area contributed by atoms with Gasteiger partial charge in [0.2, 0.25) is 0 Å². The van der Waals surface area contributed by atoms with Crippen molar-refractivity contribution in [3.05, 3.63) is 51.2 Å². The second-order valence-corrected chi connectivity index (χ2v) is 7.03. The number of anilines is 1. The molecule has 3 aromatic rings. The Morgan fingerprint density at radius 2 is 1.83 bits per heavy atom. The highest BCUT2D eigenvalue weighted by Gasteiger charge is 2.11. The van der Waals surface area contributed by atoms with Crippen molar-refractivity contribution in [3.8, 4) is 11.5 Å². The smallest absolute Gasteiger partial charge is 0.180 e. The highest BCUT2D eigenvalue weighted by Crippen LogP contribution is 2.21. The molecule has 0 aliphatic rings. The van der Waals surface area contributed by atoms with Crippen LogP contribution in [-0.4, -0.2) is 26.5 Å². The van der Waals surface area contributed by atoms with Gasteiger partial charge in [0.15, 0.2) is 5.82 Å². The summed E-state index contributed by atoms with van der Waals surface area (Å²) in [6.07, 6.45) is 2.70. The number of aryl methyl sites for hydroxylation is 3. The molecule has 0 aliphatic carbocycles. The lowest BCUT2D eigenvalue weighted by molar-refractivity contribution is 0.979. The van der Waals surface area contributed by atoms with Crippen molar-refractivity contribution >= 4 is 17.2 Å². The first-order valence-electron chi connectivity index (χ1n) is 7.98. The van der Waals surface area contributed by atoms with Crippen molar-refractivity contribution in [1.29, 1.82) is 0 Å². The molecule has 0 atom stereocenters. The Morgan fingerprint density at radius 1 is 1.00 bits per heavy atom. The fraction of sp³-hybridized carbons (Fsp3) is 0.333. The molecule has 24 heavy (non-hydrogen) atoms. The lowest BCUT2D eigenvalue weighted by Gasteiger charge is -2.12. The van der Waals surface area contributed by atoms with Crippen molar-refractivity contribution in [3.63, 3.8) is 0 Å². The van der Waals surface area contributed by atoms with Crippen LogP contribution in [0.2, 0.25) is 0 Å². The molecule has 0 fully saturated rings. The Hall–Kier alpha value is -2.34. The minimum Gasteiger partial charge on any atom is -0.369 e. The van der Waals surface area contributed by atoms with E-state index in [2.05, 4.69) is 32.2 Å². The summed E-state index contributed by atoms with van der Waals surface area (Å²) in [6, 6.07) is 5.77. The van der Waals surface area contributed by atoms with Crippen LogP contribution in [0.4, 0.5) is 5.82 Å². The van der Waals surface area contributed by atoms with Crippen molar-refractivity contribution < 1.29 is 0 Å². The molecule has 0 unspecified atom stereocenters. The highest BCUT2D eigenvalue weighted by atomic mass is 32.1. The summed E-state index contributed by atoms with van der Waals surface area (Å²) in [5, 5.41) is 4.57. The van der Waals surface area contributed by atoms with E-state index in [1.165, 1.54) is 4.88 Å². The fourth-order valence-corrected chi connectivity index (χ4v) is 3.45. The van der Waals surface area contributed by atoms with E-state index in [0.29, 0.717) is 5.82 Å². The number of rotatable bonds is 5. The van der Waals surface area contributed by atoms with E-state index >= 15 is 0 Å². The second kappa shape index (κ2) is 7.05. The topological polar surface area (TPSA) is 63.6 Å². The molecule has 1 N–H and O–H groups in total. The Bertz CT molecular complexity index is 842. The third-order valence-electron chi connectivity index (χ3n) is 3.93. The van der Waals surface area contributed by atoms with E-state index in [4.69, 9.17) is 0 Å². The van der Waals surface area contributed by atoms with E-state index < -0.39 is 0 Å². The van der Waals surface area contributed by atoms with Gasteiger partial charge in [0.25, 0.3) is 0 Å². The molecule has 3 aromatic heterocycles. The maximum atomic E-state index is 4.67. The summed E-state index contributed by atoms with van der Waals surface area (Å²) >= 11 is 1.76. The van der Waals surface area contributed by atoms with Gasteiger partial charge in [-0.1, -0.05) is 6.07 Å². The summed E-state index contributed by atoms with van der Waals surface area (Å²) < 4.78 is 0. The zero-order chi connectivity index (χ0) is 17.1.